The van der Waals surface area contributed by atoms with Crippen LogP contribution < -0.4 is 9.62 Å². The van der Waals surface area contributed by atoms with Crippen LogP contribution in [0.15, 0.2) is 36.4 Å². The van der Waals surface area contributed by atoms with E-state index in [9.17, 15) is 13.2 Å². The Balaban J connectivity index is 2.00. The van der Waals surface area contributed by atoms with Crippen LogP contribution in [0.4, 0.5) is 5.69 Å². The lowest BCUT2D eigenvalue weighted by Gasteiger charge is -2.24. The molecular formula is C23H32N2O3S. The Labute approximate surface area is 175 Å². The van der Waals surface area contributed by atoms with Crippen LogP contribution in [0.5, 0.6) is 0 Å². The summed E-state index contributed by atoms with van der Waals surface area (Å²) in [6.45, 7) is 10.2. The third-order valence-electron chi connectivity index (χ3n) is 5.07. The minimum atomic E-state index is -3.43. The van der Waals surface area contributed by atoms with Crippen molar-refractivity contribution in [2.45, 2.75) is 53.5 Å². The van der Waals surface area contributed by atoms with E-state index in [1.807, 2.05) is 65.0 Å². The molecule has 0 aliphatic carbocycles. The normalized spacial score (nSPS) is 12.5. The number of aryl methyl sites for hydroxylation is 4. The molecule has 5 nitrogen and oxygen atoms in total. The van der Waals surface area contributed by atoms with Crippen LogP contribution in [-0.4, -0.2) is 27.1 Å². The van der Waals surface area contributed by atoms with Crippen molar-refractivity contribution in [2.24, 2.45) is 0 Å². The highest BCUT2D eigenvalue weighted by Gasteiger charge is 2.20. The molecule has 6 heteroatoms. The fraction of sp³-hybridized carbons (Fsp3) is 0.435. The zero-order valence-electron chi connectivity index (χ0n) is 18.2. The zero-order chi connectivity index (χ0) is 21.8. The van der Waals surface area contributed by atoms with Crippen molar-refractivity contribution < 1.29 is 13.2 Å². The molecule has 158 valence electrons. The fourth-order valence-corrected chi connectivity index (χ4v) is 4.55. The van der Waals surface area contributed by atoms with Crippen LogP contribution in [0.25, 0.3) is 0 Å². The Kier molecular flexibility index (Phi) is 7.47. The van der Waals surface area contributed by atoms with Gasteiger partial charge < -0.3 is 5.32 Å². The number of hydrogen-bond acceptors (Lipinski definition) is 3. The first-order chi connectivity index (χ1) is 13.5. The Morgan fingerprint density at radius 1 is 1.00 bits per heavy atom. The summed E-state index contributed by atoms with van der Waals surface area (Å²) in [5.41, 5.74) is 6.01. The van der Waals surface area contributed by atoms with Crippen molar-refractivity contribution in [3.63, 3.8) is 0 Å². The summed E-state index contributed by atoms with van der Waals surface area (Å²) in [7, 11) is -3.43. The molecule has 1 amide bonds. The molecule has 0 fully saturated rings. The van der Waals surface area contributed by atoms with Crippen molar-refractivity contribution in [1.29, 1.82) is 0 Å². The predicted molar refractivity (Wildman–Crippen MR) is 120 cm³/mol. The molecule has 29 heavy (non-hydrogen) atoms. The number of hydrogen-bond donors (Lipinski definition) is 1. The summed E-state index contributed by atoms with van der Waals surface area (Å²) in [6, 6.07) is 11.8. The summed E-state index contributed by atoms with van der Waals surface area (Å²) >= 11 is 0. The first-order valence-electron chi connectivity index (χ1n) is 9.90. The van der Waals surface area contributed by atoms with Crippen LogP contribution in [0, 0.1) is 27.7 Å². The molecule has 0 aliphatic rings. The first kappa shape index (κ1) is 22.9. The maximum absolute atomic E-state index is 12.4. The number of sulfonamides is 1. The van der Waals surface area contributed by atoms with E-state index >= 15 is 0 Å². The molecule has 0 saturated carbocycles. The average molecular weight is 417 g/mol. The molecule has 1 N–H and O–H groups in total. The van der Waals surface area contributed by atoms with Crippen LogP contribution in [0.2, 0.25) is 0 Å². The number of anilines is 1. The Bertz CT molecular complexity index is 984. The number of benzene rings is 2. The molecule has 0 unspecified atom stereocenters. The molecule has 2 aromatic carbocycles. The van der Waals surface area contributed by atoms with Crippen molar-refractivity contribution in [1.82, 2.24) is 5.32 Å². The Morgan fingerprint density at radius 3 is 2.24 bits per heavy atom. The lowest BCUT2D eigenvalue weighted by Crippen LogP contribution is -2.33. The van der Waals surface area contributed by atoms with Gasteiger partial charge in [-0.1, -0.05) is 35.9 Å². The topological polar surface area (TPSA) is 66.5 Å². The minimum absolute atomic E-state index is 0.0770. The van der Waals surface area contributed by atoms with Crippen molar-refractivity contribution in [2.75, 3.05) is 17.1 Å². The molecule has 0 radical (unpaired) electrons. The number of amides is 1. The third kappa shape index (κ3) is 6.32. The molecule has 0 heterocycles. The van der Waals surface area contributed by atoms with Gasteiger partial charge in [-0.25, -0.2) is 8.42 Å². The second-order valence-electron chi connectivity index (χ2n) is 7.88. The number of rotatable bonds is 8. The molecule has 0 bridgehead atoms. The lowest BCUT2D eigenvalue weighted by atomic mass is 10.00. The summed E-state index contributed by atoms with van der Waals surface area (Å²) in [5, 5.41) is 3.02. The molecule has 1 atom stereocenters. The predicted octanol–water partition coefficient (Wildman–Crippen LogP) is 4.34. The van der Waals surface area contributed by atoms with Crippen LogP contribution in [0.1, 0.15) is 53.6 Å². The quantitative estimate of drug-likeness (QED) is 0.696. The molecular weight excluding hydrogens is 384 g/mol. The van der Waals surface area contributed by atoms with Gasteiger partial charge in [-0.15, -0.1) is 0 Å². The SMILES string of the molecule is Cc1ccc([C@@H](C)NC(=O)CCCN(c2cc(C)ccc2C)S(C)(=O)=O)c(C)c1. The summed E-state index contributed by atoms with van der Waals surface area (Å²) < 4.78 is 26.0. The van der Waals surface area contributed by atoms with E-state index in [1.54, 1.807) is 0 Å². The number of carbonyl (C=O) groups excluding carboxylic acids is 1. The van der Waals surface area contributed by atoms with E-state index in [0.717, 1.165) is 22.3 Å². The van der Waals surface area contributed by atoms with Gasteiger partial charge >= 0.3 is 0 Å². The number of nitrogens with zero attached hydrogens (tertiary/aromatic N) is 1. The van der Waals surface area contributed by atoms with Gasteiger partial charge in [-0.3, -0.25) is 9.10 Å². The second kappa shape index (κ2) is 9.44. The molecule has 2 rings (SSSR count). The maximum Gasteiger partial charge on any atom is 0.232 e. The Hall–Kier alpha value is -2.34. The minimum Gasteiger partial charge on any atom is -0.350 e. The molecule has 0 aromatic heterocycles. The van der Waals surface area contributed by atoms with Gasteiger partial charge in [0.05, 0.1) is 18.0 Å². The number of carbonyl (C=O) groups is 1. The summed E-state index contributed by atoms with van der Waals surface area (Å²) in [5.74, 6) is -0.0770. The molecule has 0 aliphatic heterocycles. The molecule has 2 aromatic rings. The molecule has 0 spiro atoms. The van der Waals surface area contributed by atoms with Gasteiger partial charge in [0.25, 0.3) is 0 Å². The van der Waals surface area contributed by atoms with E-state index < -0.39 is 10.0 Å². The van der Waals surface area contributed by atoms with Gasteiger partial charge in [0.2, 0.25) is 15.9 Å². The van der Waals surface area contributed by atoms with Gasteiger partial charge in [0.15, 0.2) is 0 Å². The second-order valence-corrected chi connectivity index (χ2v) is 9.78. The van der Waals surface area contributed by atoms with E-state index in [4.69, 9.17) is 0 Å². The average Bonchev–Trinajstić information content (AvgIpc) is 2.60. The number of nitrogens with one attached hydrogen (secondary N) is 1. The largest absolute Gasteiger partial charge is 0.350 e. The van der Waals surface area contributed by atoms with E-state index in [-0.39, 0.29) is 24.9 Å². The highest BCUT2D eigenvalue weighted by atomic mass is 32.2. The van der Waals surface area contributed by atoms with E-state index in [1.165, 1.54) is 16.1 Å². The smallest absolute Gasteiger partial charge is 0.232 e. The summed E-state index contributed by atoms with van der Waals surface area (Å²) in [6.07, 6.45) is 1.93. The van der Waals surface area contributed by atoms with Gasteiger partial charge in [0, 0.05) is 13.0 Å². The third-order valence-corrected chi connectivity index (χ3v) is 6.25. The van der Waals surface area contributed by atoms with E-state index in [0.29, 0.717) is 12.1 Å². The van der Waals surface area contributed by atoms with Crippen LogP contribution in [0.3, 0.4) is 0 Å². The van der Waals surface area contributed by atoms with Crippen LogP contribution in [-0.2, 0) is 14.8 Å². The summed E-state index contributed by atoms with van der Waals surface area (Å²) in [4.78, 5) is 12.4. The highest BCUT2D eigenvalue weighted by molar-refractivity contribution is 7.92. The Morgan fingerprint density at radius 2 is 1.62 bits per heavy atom. The van der Waals surface area contributed by atoms with Crippen molar-refractivity contribution >= 4 is 21.6 Å². The fourth-order valence-electron chi connectivity index (χ4n) is 3.54. The van der Waals surface area contributed by atoms with Crippen molar-refractivity contribution in [3.05, 3.63) is 64.2 Å². The van der Waals surface area contributed by atoms with Gasteiger partial charge in [0.1, 0.15) is 0 Å². The van der Waals surface area contributed by atoms with E-state index in [2.05, 4.69) is 11.4 Å². The van der Waals surface area contributed by atoms with Crippen LogP contribution >= 0.6 is 0 Å². The zero-order valence-corrected chi connectivity index (χ0v) is 19.1. The van der Waals surface area contributed by atoms with Gasteiger partial charge in [-0.05, 0) is 69.4 Å². The van der Waals surface area contributed by atoms with Gasteiger partial charge in [-0.2, -0.15) is 0 Å². The first-order valence-corrected chi connectivity index (χ1v) is 11.8. The maximum atomic E-state index is 12.4. The monoisotopic (exact) mass is 416 g/mol. The lowest BCUT2D eigenvalue weighted by molar-refractivity contribution is -0.121. The van der Waals surface area contributed by atoms with Crippen molar-refractivity contribution in [3.8, 4) is 0 Å². The highest BCUT2D eigenvalue weighted by Crippen LogP contribution is 2.24. The molecule has 0 saturated heterocycles. The standard InChI is InChI=1S/C23H32N2O3S/c1-16-10-12-21(19(4)14-16)20(5)24-23(26)8-7-13-25(29(6,27)28)22-15-17(2)9-11-18(22)3/h9-12,14-15,20H,7-8,13H2,1-6H3,(H,24,26)/t20-/m1/s1.